The molecule has 0 radical (unpaired) electrons. The molecule has 1 fully saturated rings. The molecule has 2 heterocycles. The largest absolute Gasteiger partial charge is 0.403 e. The smallest absolute Gasteiger partial charge is 0.354 e. The van der Waals surface area contributed by atoms with Crippen LogP contribution in [0.5, 0.6) is 0 Å². The van der Waals surface area contributed by atoms with E-state index in [0.717, 1.165) is 0 Å². The number of alkyl halides is 3. The Bertz CT molecular complexity index is 639. The molecule has 1 aliphatic rings. The highest BCUT2D eigenvalue weighted by atomic mass is 19.4. The Morgan fingerprint density at radius 2 is 2.08 bits per heavy atom. The molecule has 0 saturated carbocycles. The molecule has 0 bridgehead atoms. The molecule has 1 aromatic heterocycles. The molecular formula is C14H22F3N7O2. The lowest BCUT2D eigenvalue weighted by Gasteiger charge is -2.39. The second kappa shape index (κ2) is 8.34. The molecule has 12 heteroatoms. The number of hydrogen-bond donors (Lipinski definition) is 1. The molecule has 9 nitrogen and oxygen atoms in total. The quantitative estimate of drug-likeness (QED) is 0.355. The van der Waals surface area contributed by atoms with Gasteiger partial charge in [-0.2, -0.15) is 18.3 Å². The molecule has 1 unspecified atom stereocenters. The van der Waals surface area contributed by atoms with E-state index in [1.807, 2.05) is 4.90 Å². The first kappa shape index (κ1) is 19.9. The van der Waals surface area contributed by atoms with E-state index in [0.29, 0.717) is 45.2 Å². The van der Waals surface area contributed by atoms with Gasteiger partial charge in [-0.15, -0.1) is 0 Å². The van der Waals surface area contributed by atoms with Crippen LogP contribution in [0.25, 0.3) is 0 Å². The minimum absolute atomic E-state index is 0.0794. The van der Waals surface area contributed by atoms with E-state index < -0.39 is 17.1 Å². The first-order chi connectivity index (χ1) is 12.2. The first-order valence-corrected chi connectivity index (χ1v) is 8.15. The Labute approximate surface area is 148 Å². The standard InChI is InChI=1S/C14H22F3N7O2/c1-11(14(15,16)17)21-5-7-22(8-6-21)13(18-2)19-3-4-23-10-12(9-20-23)24(25)26/h9-11H,3-8H2,1-2H3,(H,18,19). The van der Waals surface area contributed by atoms with Crippen LogP contribution in [-0.4, -0.2) is 82.5 Å². The number of nitro groups is 1. The lowest BCUT2D eigenvalue weighted by molar-refractivity contribution is -0.385. The van der Waals surface area contributed by atoms with Crippen molar-refractivity contribution in [2.24, 2.45) is 4.99 Å². The molecule has 1 atom stereocenters. The SMILES string of the molecule is CN=C(NCCn1cc([N+](=O)[O-])cn1)N1CCN(C(C)C(F)(F)F)CC1. The summed E-state index contributed by atoms with van der Waals surface area (Å²) in [7, 11) is 1.60. The fourth-order valence-corrected chi connectivity index (χ4v) is 2.71. The topological polar surface area (TPSA) is 91.8 Å². The summed E-state index contributed by atoms with van der Waals surface area (Å²) in [6.45, 7) is 3.48. The van der Waals surface area contributed by atoms with Crippen molar-refractivity contribution in [1.82, 2.24) is 24.9 Å². The number of aliphatic imine (C=N–C) groups is 1. The van der Waals surface area contributed by atoms with Crippen LogP contribution >= 0.6 is 0 Å². The number of rotatable bonds is 5. The van der Waals surface area contributed by atoms with Gasteiger partial charge >= 0.3 is 11.9 Å². The highest BCUT2D eigenvalue weighted by Gasteiger charge is 2.41. The van der Waals surface area contributed by atoms with Gasteiger partial charge in [0.2, 0.25) is 0 Å². The van der Waals surface area contributed by atoms with Gasteiger partial charge in [0.25, 0.3) is 0 Å². The molecule has 0 aromatic carbocycles. The summed E-state index contributed by atoms with van der Waals surface area (Å²) in [4.78, 5) is 17.6. The second-order valence-electron chi connectivity index (χ2n) is 5.93. The maximum absolute atomic E-state index is 12.8. The van der Waals surface area contributed by atoms with Gasteiger partial charge in [-0.05, 0) is 6.92 Å². The summed E-state index contributed by atoms with van der Waals surface area (Å²) in [6, 6.07) is -1.46. The number of nitrogens with one attached hydrogen (secondary N) is 1. The molecule has 1 aliphatic heterocycles. The lowest BCUT2D eigenvalue weighted by Crippen LogP contribution is -2.56. The minimum atomic E-state index is -4.23. The number of piperazine rings is 1. The second-order valence-corrected chi connectivity index (χ2v) is 5.93. The summed E-state index contributed by atoms with van der Waals surface area (Å²) in [6.07, 6.45) is -1.72. The predicted octanol–water partition coefficient (Wildman–Crippen LogP) is 0.935. The van der Waals surface area contributed by atoms with E-state index in [4.69, 9.17) is 0 Å². The maximum Gasteiger partial charge on any atom is 0.403 e. The van der Waals surface area contributed by atoms with Crippen molar-refractivity contribution in [2.45, 2.75) is 25.7 Å². The molecular weight excluding hydrogens is 355 g/mol. The Morgan fingerprint density at radius 3 is 2.58 bits per heavy atom. The maximum atomic E-state index is 12.8. The molecule has 26 heavy (non-hydrogen) atoms. The third-order valence-electron chi connectivity index (χ3n) is 4.30. The lowest BCUT2D eigenvalue weighted by atomic mass is 10.2. The summed E-state index contributed by atoms with van der Waals surface area (Å²) in [5, 5.41) is 17.6. The third kappa shape index (κ3) is 5.07. The number of hydrogen-bond acceptors (Lipinski definition) is 5. The van der Waals surface area contributed by atoms with Gasteiger partial charge in [0.15, 0.2) is 5.96 Å². The number of guanidine groups is 1. The van der Waals surface area contributed by atoms with Crippen molar-refractivity contribution in [1.29, 1.82) is 0 Å². The molecule has 1 N–H and O–H groups in total. The third-order valence-corrected chi connectivity index (χ3v) is 4.30. The van der Waals surface area contributed by atoms with Crippen molar-refractivity contribution >= 4 is 11.6 Å². The summed E-state index contributed by atoms with van der Waals surface area (Å²) < 4.78 is 39.8. The average molecular weight is 377 g/mol. The van der Waals surface area contributed by atoms with Crippen LogP contribution in [0, 0.1) is 10.1 Å². The van der Waals surface area contributed by atoms with Gasteiger partial charge in [0.05, 0.1) is 11.5 Å². The van der Waals surface area contributed by atoms with Crippen molar-refractivity contribution in [3.63, 3.8) is 0 Å². The van der Waals surface area contributed by atoms with Crippen LogP contribution in [-0.2, 0) is 6.54 Å². The van der Waals surface area contributed by atoms with E-state index in [-0.39, 0.29) is 5.69 Å². The highest BCUT2D eigenvalue weighted by molar-refractivity contribution is 5.79. The number of nitrogens with zero attached hydrogens (tertiary/aromatic N) is 6. The average Bonchev–Trinajstić information content (AvgIpc) is 3.07. The van der Waals surface area contributed by atoms with Crippen LogP contribution < -0.4 is 5.32 Å². The minimum Gasteiger partial charge on any atom is -0.354 e. The van der Waals surface area contributed by atoms with E-state index in [2.05, 4.69) is 15.4 Å². The molecule has 1 aromatic rings. The Morgan fingerprint density at radius 1 is 1.42 bits per heavy atom. The zero-order chi connectivity index (χ0) is 19.3. The Balaban J connectivity index is 1.80. The molecule has 0 amide bonds. The summed E-state index contributed by atoms with van der Waals surface area (Å²) in [5.41, 5.74) is -0.0794. The van der Waals surface area contributed by atoms with Crippen molar-refractivity contribution < 1.29 is 18.1 Å². The first-order valence-electron chi connectivity index (χ1n) is 8.15. The summed E-state index contributed by atoms with van der Waals surface area (Å²) >= 11 is 0. The monoisotopic (exact) mass is 377 g/mol. The van der Waals surface area contributed by atoms with Crippen LogP contribution in [0.1, 0.15) is 6.92 Å². The molecule has 146 valence electrons. The van der Waals surface area contributed by atoms with Gasteiger partial charge in [0.1, 0.15) is 18.4 Å². The normalized spacial score (nSPS) is 18.0. The highest BCUT2D eigenvalue weighted by Crippen LogP contribution is 2.25. The number of halogens is 3. The van der Waals surface area contributed by atoms with Gasteiger partial charge < -0.3 is 10.2 Å². The molecule has 0 spiro atoms. The number of aromatic nitrogens is 2. The van der Waals surface area contributed by atoms with E-state index in [9.17, 15) is 23.3 Å². The van der Waals surface area contributed by atoms with Crippen LogP contribution in [0.15, 0.2) is 17.4 Å². The molecule has 0 aliphatic carbocycles. The fraction of sp³-hybridized carbons (Fsp3) is 0.714. The van der Waals surface area contributed by atoms with E-state index >= 15 is 0 Å². The van der Waals surface area contributed by atoms with Crippen molar-refractivity contribution in [2.75, 3.05) is 39.8 Å². The van der Waals surface area contributed by atoms with Gasteiger partial charge in [-0.3, -0.25) is 24.7 Å². The summed E-state index contributed by atoms with van der Waals surface area (Å²) in [5.74, 6) is 0.589. The van der Waals surface area contributed by atoms with E-state index in [1.165, 1.54) is 28.9 Å². The predicted molar refractivity (Wildman–Crippen MR) is 88.9 cm³/mol. The molecule has 2 rings (SSSR count). The Hall–Kier alpha value is -2.37. The van der Waals surface area contributed by atoms with Crippen LogP contribution in [0.3, 0.4) is 0 Å². The van der Waals surface area contributed by atoms with Crippen LogP contribution in [0.2, 0.25) is 0 Å². The fourth-order valence-electron chi connectivity index (χ4n) is 2.71. The zero-order valence-corrected chi connectivity index (χ0v) is 14.6. The zero-order valence-electron chi connectivity index (χ0n) is 14.6. The van der Waals surface area contributed by atoms with Gasteiger partial charge in [-0.25, -0.2) is 0 Å². The van der Waals surface area contributed by atoms with Gasteiger partial charge in [-0.1, -0.05) is 0 Å². The van der Waals surface area contributed by atoms with Crippen LogP contribution in [0.4, 0.5) is 18.9 Å². The van der Waals surface area contributed by atoms with E-state index in [1.54, 1.807) is 7.05 Å². The Kier molecular flexibility index (Phi) is 6.40. The molecule has 1 saturated heterocycles. The van der Waals surface area contributed by atoms with Crippen molar-refractivity contribution in [3.05, 3.63) is 22.5 Å². The van der Waals surface area contributed by atoms with Gasteiger partial charge in [0, 0.05) is 39.8 Å². The van der Waals surface area contributed by atoms with Crippen molar-refractivity contribution in [3.8, 4) is 0 Å².